The van der Waals surface area contributed by atoms with E-state index in [9.17, 15) is 101 Å². The Morgan fingerprint density at radius 2 is 0.740 bits per heavy atom. The number of aliphatic hydroxyl groups excluding tert-OH is 1. The molecule has 0 aromatic heterocycles. The van der Waals surface area contributed by atoms with E-state index in [1.165, 1.54) is 116 Å². The summed E-state index contributed by atoms with van der Waals surface area (Å²) in [5.74, 6) is -16.7. The molecule has 1 rings (SSSR count). The van der Waals surface area contributed by atoms with Gasteiger partial charge in [-0.2, -0.15) is 0 Å². The van der Waals surface area contributed by atoms with Crippen LogP contribution >= 0.6 is 0 Å². The molecule has 0 aromatic rings. The van der Waals surface area contributed by atoms with Gasteiger partial charge in [0.2, 0.25) is 118 Å². The standard InChI is InChI=1S/C82H144N20O21/c1-27-81(25,99-65(114)53(38-45(7)8)89-60(109)47(11)87-58(107)40-85-67(116)75(13,14)94-48(12)104)72(121)92-51(32-34-57(84)106)62(111)96-77(17,18)69(118)93-54(39-46(9)10)64(113)97-76(15,16)68(117)86-41-59(108)95-82(26,28-2)73(122)101-80(23,24)74(123)102-35-29-30-55(102)66(115)90-52(37-44(5)6)63(112)98-79(21,22)71(120)100-78(19,20)70(119)91-50(31-33-56(83)105)61(110)88-49(42-103)36-43(3)4/h43-47,49-55,103H,27-42H2,1-26H3,(H2,83,105)(H2,84,106)(H,85,116)(H,86,117)(H,87,107)(H,88,110)(H,89,109)(H,90,115)(H,91,119)(H,92,121)(H,93,118)(H,94,104)(H,95,108)(H,96,111)(H,97,113)(H,98,112)(H,99,114)(H,100,120)(H,101,122)/t47-,49+,50-,51-,52-,53-,54-,55-,81+,82+/m0/s1. The van der Waals surface area contributed by atoms with Crippen molar-refractivity contribution in [2.75, 3.05) is 26.2 Å². The maximum Gasteiger partial charge on any atom is 0.248 e. The summed E-state index contributed by atoms with van der Waals surface area (Å²) in [5, 5.41) is 53.7. The predicted molar refractivity (Wildman–Crippen MR) is 454 cm³/mol. The molecule has 1 fully saturated rings. The van der Waals surface area contributed by atoms with Crippen molar-refractivity contribution in [1.29, 1.82) is 0 Å². The molecule has 1 heterocycles. The Kier molecular flexibility index (Phi) is 42.4. The van der Waals surface area contributed by atoms with Crippen LogP contribution in [-0.2, 0) is 95.9 Å². The van der Waals surface area contributed by atoms with E-state index in [4.69, 9.17) is 11.5 Å². The van der Waals surface area contributed by atoms with Crippen LogP contribution in [0.5, 0.6) is 0 Å². The normalized spacial score (nSPS) is 15.9. The van der Waals surface area contributed by atoms with E-state index >= 15 is 0 Å². The average Bonchev–Trinajstić information content (AvgIpc) is 1.74. The molecule has 0 radical (unpaired) electrons. The summed E-state index contributed by atoms with van der Waals surface area (Å²) in [5.41, 5.74) is -2.98. The highest BCUT2D eigenvalue weighted by Crippen LogP contribution is 2.25. The van der Waals surface area contributed by atoms with E-state index in [0.717, 1.165) is 0 Å². The molecule has 1 aliphatic rings. The van der Waals surface area contributed by atoms with E-state index in [-0.39, 0.29) is 81.6 Å². The van der Waals surface area contributed by atoms with Crippen LogP contribution in [0.4, 0.5) is 0 Å². The topological polar surface area (TPSA) is 621 Å². The number of amides is 20. The largest absolute Gasteiger partial charge is 0.394 e. The van der Waals surface area contributed by atoms with E-state index < -0.39 is 243 Å². The Morgan fingerprint density at radius 1 is 0.374 bits per heavy atom. The summed E-state index contributed by atoms with van der Waals surface area (Å²) < 4.78 is 0. The number of likely N-dealkylation sites (tertiary alicyclic amines) is 1. The van der Waals surface area contributed by atoms with Gasteiger partial charge in [-0.15, -0.1) is 0 Å². The van der Waals surface area contributed by atoms with Crippen LogP contribution in [0.3, 0.4) is 0 Å². The average molecular weight is 1750 g/mol. The SMILES string of the molecule is CC[C@@](C)(NC(=O)CNC(=O)C(C)(C)NC(=O)[C@H](CC(C)C)NC(=O)C(C)(C)NC(=O)[C@H](CCC(N)=O)NC(=O)[C@@](C)(CC)NC(=O)[C@H](CC(C)C)NC(=O)[C@H](C)NC(=O)CNC(=O)C(C)(C)NC(C)=O)C(=O)NC(C)(C)C(=O)N1CCC[C@H]1C(=O)N[C@@H](CC(C)C)C(=O)NC(C)(C)C(=O)NC(C)(C)C(=O)N[C@@H](CCC(N)=O)C(=O)N[C@@H](CO)CC(C)C. The van der Waals surface area contributed by atoms with E-state index in [1.54, 1.807) is 55.4 Å². The maximum atomic E-state index is 14.5. The molecule has 0 unspecified atom stereocenters. The van der Waals surface area contributed by atoms with Gasteiger partial charge < -0.3 is 112 Å². The molecule has 0 spiro atoms. The summed E-state index contributed by atoms with van der Waals surface area (Å²) >= 11 is 0. The Hall–Kier alpha value is -10.6. The number of aliphatic hydroxyl groups is 1. The Bertz CT molecular complexity index is 3840. The molecule has 123 heavy (non-hydrogen) atoms. The van der Waals surface area contributed by atoms with Crippen LogP contribution in [0.15, 0.2) is 0 Å². The summed E-state index contributed by atoms with van der Waals surface area (Å²) in [6.45, 7) is 37.4. The molecule has 41 heteroatoms. The van der Waals surface area contributed by atoms with Gasteiger partial charge in [0.1, 0.15) is 86.6 Å². The number of primary amides is 2. The van der Waals surface area contributed by atoms with Gasteiger partial charge in [0.05, 0.1) is 25.7 Å². The molecule has 10 atom stereocenters. The second-order valence-electron chi connectivity index (χ2n) is 37.1. The van der Waals surface area contributed by atoms with Gasteiger partial charge in [0.15, 0.2) is 0 Å². The zero-order chi connectivity index (χ0) is 95.4. The van der Waals surface area contributed by atoms with Crippen molar-refractivity contribution >= 4 is 118 Å². The van der Waals surface area contributed by atoms with Crippen LogP contribution in [-0.4, -0.2) is 247 Å². The number of nitrogens with two attached hydrogens (primary N) is 2. The van der Waals surface area contributed by atoms with Gasteiger partial charge in [-0.25, -0.2) is 0 Å². The number of nitrogens with zero attached hydrogens (tertiary/aromatic N) is 1. The Labute approximate surface area is 722 Å². The summed E-state index contributed by atoms with van der Waals surface area (Å²) in [6.07, 6.45) is -0.483. The van der Waals surface area contributed by atoms with E-state index in [1.807, 2.05) is 13.8 Å². The second kappa shape index (κ2) is 47.3. The van der Waals surface area contributed by atoms with Crippen LogP contribution in [0.1, 0.15) is 257 Å². The van der Waals surface area contributed by atoms with Crippen molar-refractivity contribution in [2.45, 2.75) is 350 Å². The molecule has 41 nitrogen and oxygen atoms in total. The van der Waals surface area contributed by atoms with Gasteiger partial charge in [-0.1, -0.05) is 69.2 Å². The molecular formula is C82H144N20O21. The molecular weight excluding hydrogens is 1600 g/mol. The highest BCUT2D eigenvalue weighted by atomic mass is 16.3. The zero-order valence-corrected chi connectivity index (χ0v) is 77.0. The summed E-state index contributed by atoms with van der Waals surface area (Å²) in [6, 6.07) is -9.84. The Morgan fingerprint density at radius 3 is 1.18 bits per heavy atom. The molecule has 0 bridgehead atoms. The number of carbonyl (C=O) groups excluding carboxylic acids is 20. The van der Waals surface area contributed by atoms with E-state index in [2.05, 4.69) is 90.4 Å². The van der Waals surface area contributed by atoms with Gasteiger partial charge in [0.25, 0.3) is 0 Å². The minimum Gasteiger partial charge on any atom is -0.394 e. The fourth-order valence-corrected chi connectivity index (χ4v) is 12.7. The first kappa shape index (κ1) is 110. The van der Waals surface area contributed by atoms with Crippen molar-refractivity contribution in [3.05, 3.63) is 0 Å². The van der Waals surface area contributed by atoms with Gasteiger partial charge in [0, 0.05) is 26.3 Å². The number of rotatable bonds is 51. The quantitative estimate of drug-likeness (QED) is 0.0294. The number of nitrogens with one attached hydrogen (secondary N) is 17. The summed E-state index contributed by atoms with van der Waals surface area (Å²) in [7, 11) is 0. The van der Waals surface area contributed by atoms with Crippen LogP contribution in [0, 0.1) is 23.7 Å². The minimum absolute atomic E-state index is 0.0191. The molecule has 20 amide bonds. The lowest BCUT2D eigenvalue weighted by atomic mass is 9.94. The molecule has 0 saturated carbocycles. The molecule has 0 aliphatic carbocycles. The summed E-state index contributed by atoms with van der Waals surface area (Å²) in [4.78, 5) is 273. The lowest BCUT2D eigenvalue weighted by Crippen LogP contribution is -2.66. The van der Waals surface area contributed by atoms with Gasteiger partial charge in [-0.05, 0) is 192 Å². The molecule has 0 aromatic carbocycles. The van der Waals surface area contributed by atoms with Crippen molar-refractivity contribution in [2.24, 2.45) is 35.1 Å². The predicted octanol–water partition coefficient (Wildman–Crippen LogP) is -2.71. The third-order valence-electron chi connectivity index (χ3n) is 20.6. The Balaban J connectivity index is 3.25. The molecule has 1 saturated heterocycles. The number of carbonyl (C=O) groups is 20. The van der Waals surface area contributed by atoms with Crippen molar-refractivity contribution in [3.8, 4) is 0 Å². The third kappa shape index (κ3) is 36.4. The smallest absolute Gasteiger partial charge is 0.248 e. The first-order valence-corrected chi connectivity index (χ1v) is 41.9. The zero-order valence-electron chi connectivity index (χ0n) is 77.0. The van der Waals surface area contributed by atoms with Crippen molar-refractivity contribution < 1.29 is 101 Å². The third-order valence-corrected chi connectivity index (χ3v) is 20.6. The lowest BCUT2D eigenvalue weighted by molar-refractivity contribution is -0.146. The maximum absolute atomic E-state index is 14.5. The van der Waals surface area contributed by atoms with Crippen LogP contribution in [0.2, 0.25) is 0 Å². The van der Waals surface area contributed by atoms with Gasteiger partial charge >= 0.3 is 0 Å². The second-order valence-corrected chi connectivity index (χ2v) is 37.1. The monoisotopic (exact) mass is 1750 g/mol. The fourth-order valence-electron chi connectivity index (χ4n) is 12.7. The molecule has 1 aliphatic heterocycles. The minimum atomic E-state index is -1.89. The first-order chi connectivity index (χ1) is 56.2. The van der Waals surface area contributed by atoms with Crippen LogP contribution < -0.4 is 102 Å². The lowest BCUT2D eigenvalue weighted by Gasteiger charge is -2.37. The number of hydrogen-bond donors (Lipinski definition) is 20. The highest BCUT2D eigenvalue weighted by molar-refractivity contribution is 6.04. The fraction of sp³-hybridized carbons (Fsp3) is 0.756. The van der Waals surface area contributed by atoms with Crippen molar-refractivity contribution in [3.63, 3.8) is 0 Å². The molecule has 698 valence electrons. The first-order valence-electron chi connectivity index (χ1n) is 41.9. The number of hydrogen-bond acceptors (Lipinski definition) is 21. The van der Waals surface area contributed by atoms with Crippen LogP contribution in [0.25, 0.3) is 0 Å². The van der Waals surface area contributed by atoms with Gasteiger partial charge in [-0.3, -0.25) is 95.9 Å². The van der Waals surface area contributed by atoms with Crippen molar-refractivity contribution in [1.82, 2.24) is 95.3 Å². The van der Waals surface area contributed by atoms with E-state index in [0.29, 0.717) is 12.8 Å². The molecule has 22 N–H and O–H groups in total. The highest BCUT2D eigenvalue weighted by Gasteiger charge is 2.48.